The van der Waals surface area contributed by atoms with Crippen LogP contribution in [-0.2, 0) is 0 Å². The number of carboxylic acid groups (broad SMARTS) is 1. The molecule has 1 N–H and O–H groups in total. The Bertz CT molecular complexity index is 423. The molecule has 0 saturated heterocycles. The molecule has 98 valence electrons. The van der Waals surface area contributed by atoms with Crippen molar-refractivity contribution >= 4 is 21.9 Å². The van der Waals surface area contributed by atoms with Gasteiger partial charge in [-0.2, -0.15) is 0 Å². The highest BCUT2D eigenvalue weighted by Gasteiger charge is 2.19. The van der Waals surface area contributed by atoms with Crippen molar-refractivity contribution in [1.82, 2.24) is 0 Å². The molecule has 3 nitrogen and oxygen atoms in total. The van der Waals surface area contributed by atoms with Crippen LogP contribution >= 0.6 is 15.9 Å². The number of aromatic carboxylic acids is 1. The fourth-order valence-electron chi connectivity index (χ4n) is 2.35. The van der Waals surface area contributed by atoms with Crippen LogP contribution in [-0.4, -0.2) is 17.2 Å². The molecule has 0 bridgehead atoms. The van der Waals surface area contributed by atoms with E-state index in [9.17, 15) is 9.90 Å². The number of hydrogen-bond donors (Lipinski definition) is 1. The first-order valence-corrected chi connectivity index (χ1v) is 7.16. The molecule has 1 aromatic carbocycles. The molecule has 0 aromatic heterocycles. The molecule has 0 amide bonds. The molecule has 1 aliphatic carbocycles. The minimum Gasteiger partial charge on any atom is -0.489 e. The first-order valence-electron chi connectivity index (χ1n) is 6.37. The molecule has 0 radical (unpaired) electrons. The summed E-state index contributed by atoms with van der Waals surface area (Å²) in [5.74, 6) is -0.477. The van der Waals surface area contributed by atoms with Crippen LogP contribution in [0.5, 0.6) is 5.75 Å². The molecular formula is C14H17BrO3. The van der Waals surface area contributed by atoms with Gasteiger partial charge in [-0.05, 0) is 53.7 Å². The monoisotopic (exact) mass is 312 g/mol. The first kappa shape index (κ1) is 13.4. The van der Waals surface area contributed by atoms with E-state index < -0.39 is 5.97 Å². The van der Waals surface area contributed by atoms with E-state index in [1.54, 1.807) is 12.1 Å². The lowest BCUT2D eigenvalue weighted by molar-refractivity contribution is 0.0687. The quantitative estimate of drug-likeness (QED) is 0.849. The van der Waals surface area contributed by atoms with Crippen molar-refractivity contribution < 1.29 is 14.6 Å². The topological polar surface area (TPSA) is 46.5 Å². The maximum atomic E-state index is 11.2. The van der Waals surface area contributed by atoms with Crippen LogP contribution in [0.15, 0.2) is 22.7 Å². The normalized spacial score (nSPS) is 17.2. The summed E-state index contributed by atoms with van der Waals surface area (Å²) >= 11 is 3.27. The fourth-order valence-corrected chi connectivity index (χ4v) is 2.87. The van der Waals surface area contributed by atoms with Gasteiger partial charge in [-0.1, -0.05) is 18.9 Å². The van der Waals surface area contributed by atoms with Gasteiger partial charge < -0.3 is 9.84 Å². The number of ether oxygens (including phenoxy) is 1. The van der Waals surface area contributed by atoms with Gasteiger partial charge in [-0.25, -0.2) is 4.79 Å². The molecule has 1 saturated carbocycles. The van der Waals surface area contributed by atoms with Crippen molar-refractivity contribution in [3.63, 3.8) is 0 Å². The largest absolute Gasteiger partial charge is 0.489 e. The number of hydrogen-bond acceptors (Lipinski definition) is 2. The summed E-state index contributed by atoms with van der Waals surface area (Å²) in [5.41, 5.74) is 0.224. The standard InChI is InChI=1S/C14H17BrO3/c15-11-8-5-9-12(13(11)14(16)17)18-10-6-3-1-2-4-7-10/h5,8-10H,1-4,6-7H2,(H,16,17). The van der Waals surface area contributed by atoms with E-state index in [-0.39, 0.29) is 11.7 Å². The Labute approximate surface area is 115 Å². The second-order valence-corrected chi connectivity index (χ2v) is 5.50. The zero-order valence-electron chi connectivity index (χ0n) is 10.2. The van der Waals surface area contributed by atoms with Crippen LogP contribution in [0.25, 0.3) is 0 Å². The summed E-state index contributed by atoms with van der Waals surface area (Å²) < 4.78 is 6.47. The van der Waals surface area contributed by atoms with Crippen molar-refractivity contribution in [2.24, 2.45) is 0 Å². The summed E-state index contributed by atoms with van der Waals surface area (Å²) in [7, 11) is 0. The Morgan fingerprint density at radius 1 is 1.22 bits per heavy atom. The van der Waals surface area contributed by atoms with Gasteiger partial charge in [0.25, 0.3) is 0 Å². The van der Waals surface area contributed by atoms with Crippen molar-refractivity contribution in [3.05, 3.63) is 28.2 Å². The number of benzene rings is 1. The Kier molecular flexibility index (Phi) is 4.64. The summed E-state index contributed by atoms with van der Waals surface area (Å²) in [5, 5.41) is 9.22. The van der Waals surface area contributed by atoms with E-state index >= 15 is 0 Å². The maximum Gasteiger partial charge on any atom is 0.340 e. The second-order valence-electron chi connectivity index (χ2n) is 4.65. The van der Waals surface area contributed by atoms with E-state index in [1.807, 2.05) is 6.07 Å². The lowest BCUT2D eigenvalue weighted by atomic mass is 10.1. The summed E-state index contributed by atoms with van der Waals surface area (Å²) in [6.07, 6.45) is 7.04. The molecule has 0 atom stereocenters. The first-order chi connectivity index (χ1) is 8.68. The molecular weight excluding hydrogens is 296 g/mol. The van der Waals surface area contributed by atoms with E-state index in [0.717, 1.165) is 12.8 Å². The molecule has 18 heavy (non-hydrogen) atoms. The zero-order chi connectivity index (χ0) is 13.0. The Morgan fingerprint density at radius 2 is 1.89 bits per heavy atom. The highest BCUT2D eigenvalue weighted by Crippen LogP contribution is 2.30. The van der Waals surface area contributed by atoms with E-state index in [0.29, 0.717) is 10.2 Å². The molecule has 2 rings (SSSR count). The van der Waals surface area contributed by atoms with Crippen molar-refractivity contribution in [2.75, 3.05) is 0 Å². The van der Waals surface area contributed by atoms with Gasteiger partial charge in [0.15, 0.2) is 0 Å². The predicted octanol–water partition coefficient (Wildman–Crippen LogP) is 4.25. The van der Waals surface area contributed by atoms with Crippen LogP contribution in [0.3, 0.4) is 0 Å². The Balaban J connectivity index is 2.17. The predicted molar refractivity (Wildman–Crippen MR) is 73.2 cm³/mol. The third-order valence-corrected chi connectivity index (χ3v) is 3.95. The lowest BCUT2D eigenvalue weighted by Gasteiger charge is -2.18. The third kappa shape index (κ3) is 3.25. The average molecular weight is 313 g/mol. The molecule has 0 spiro atoms. The van der Waals surface area contributed by atoms with E-state index in [1.165, 1.54) is 25.7 Å². The van der Waals surface area contributed by atoms with Crippen LogP contribution in [0.4, 0.5) is 0 Å². The summed E-state index contributed by atoms with van der Waals surface area (Å²) in [4.78, 5) is 11.2. The number of carbonyl (C=O) groups is 1. The number of carboxylic acids is 1. The van der Waals surface area contributed by atoms with Gasteiger partial charge in [-0.15, -0.1) is 0 Å². The highest BCUT2D eigenvalue weighted by atomic mass is 79.9. The fraction of sp³-hybridized carbons (Fsp3) is 0.500. The highest BCUT2D eigenvalue weighted by molar-refractivity contribution is 9.10. The van der Waals surface area contributed by atoms with Crippen molar-refractivity contribution in [2.45, 2.75) is 44.6 Å². The third-order valence-electron chi connectivity index (χ3n) is 3.29. The van der Waals surface area contributed by atoms with Gasteiger partial charge >= 0.3 is 5.97 Å². The Morgan fingerprint density at radius 3 is 2.50 bits per heavy atom. The molecule has 1 aromatic rings. The lowest BCUT2D eigenvalue weighted by Crippen LogP contribution is -2.17. The van der Waals surface area contributed by atoms with Gasteiger partial charge in [0, 0.05) is 4.47 Å². The molecule has 1 fully saturated rings. The van der Waals surface area contributed by atoms with Crippen molar-refractivity contribution in [3.8, 4) is 5.75 Å². The number of rotatable bonds is 3. The van der Waals surface area contributed by atoms with Crippen molar-refractivity contribution in [1.29, 1.82) is 0 Å². The summed E-state index contributed by atoms with van der Waals surface area (Å²) in [6.45, 7) is 0. The summed E-state index contributed by atoms with van der Waals surface area (Å²) in [6, 6.07) is 5.27. The van der Waals surface area contributed by atoms with Gasteiger partial charge in [0.2, 0.25) is 0 Å². The van der Waals surface area contributed by atoms with E-state index in [4.69, 9.17) is 4.74 Å². The van der Waals surface area contributed by atoms with Gasteiger partial charge in [0.05, 0.1) is 6.10 Å². The van der Waals surface area contributed by atoms with Crippen LogP contribution in [0.1, 0.15) is 48.9 Å². The molecule has 0 heterocycles. The molecule has 0 unspecified atom stereocenters. The Hall–Kier alpha value is -1.03. The average Bonchev–Trinajstić information content (AvgIpc) is 2.57. The van der Waals surface area contributed by atoms with Crippen LogP contribution in [0, 0.1) is 0 Å². The molecule has 4 heteroatoms. The minimum absolute atomic E-state index is 0.153. The second kappa shape index (κ2) is 6.23. The van der Waals surface area contributed by atoms with Gasteiger partial charge in [-0.3, -0.25) is 0 Å². The van der Waals surface area contributed by atoms with E-state index in [2.05, 4.69) is 15.9 Å². The van der Waals surface area contributed by atoms with Crippen LogP contribution in [0.2, 0.25) is 0 Å². The smallest absolute Gasteiger partial charge is 0.340 e. The molecule has 1 aliphatic rings. The zero-order valence-corrected chi connectivity index (χ0v) is 11.8. The SMILES string of the molecule is O=C(O)c1c(Br)cccc1OC1CCCCCC1. The minimum atomic E-state index is -0.953. The molecule has 0 aliphatic heterocycles. The number of halogens is 1. The van der Waals surface area contributed by atoms with Gasteiger partial charge in [0.1, 0.15) is 11.3 Å². The maximum absolute atomic E-state index is 11.2. The van der Waals surface area contributed by atoms with Crippen LogP contribution < -0.4 is 4.74 Å².